The predicted octanol–water partition coefficient (Wildman–Crippen LogP) is 2.16. The van der Waals surface area contributed by atoms with Crippen molar-refractivity contribution in [3.63, 3.8) is 0 Å². The summed E-state index contributed by atoms with van der Waals surface area (Å²) in [6.45, 7) is 4.76. The Labute approximate surface area is 148 Å². The topological polar surface area (TPSA) is 42.0 Å². The van der Waals surface area contributed by atoms with Crippen molar-refractivity contribution in [2.24, 2.45) is 5.92 Å². The Morgan fingerprint density at radius 1 is 1.20 bits per heavy atom. The highest BCUT2D eigenvalue weighted by molar-refractivity contribution is 5.79. The van der Waals surface area contributed by atoms with Gasteiger partial charge in [0.1, 0.15) is 6.10 Å². The molecule has 0 unspecified atom stereocenters. The minimum absolute atomic E-state index is 0.0253. The van der Waals surface area contributed by atoms with Crippen molar-refractivity contribution in [2.75, 3.05) is 46.4 Å². The minimum atomic E-state index is -0.330. The molecule has 0 bridgehead atoms. The largest absolute Gasteiger partial charge is 0.487 e. The van der Waals surface area contributed by atoms with Gasteiger partial charge in [0.25, 0.3) is 0 Å². The average molecular weight is 350 g/mol. The van der Waals surface area contributed by atoms with Gasteiger partial charge in [-0.05, 0) is 25.1 Å². The third-order valence-corrected chi connectivity index (χ3v) is 5.12. The number of hydrogen-bond donors (Lipinski definition) is 0. The molecule has 2 aliphatic heterocycles. The first-order valence-electron chi connectivity index (χ1n) is 9.08. The number of carbonyl (C=O) groups excluding carboxylic acids is 1. The zero-order valence-corrected chi connectivity index (χ0v) is 14.8. The van der Waals surface area contributed by atoms with Crippen LogP contribution in [0.2, 0.25) is 0 Å². The number of amides is 1. The molecule has 2 aliphatic rings. The lowest BCUT2D eigenvalue weighted by atomic mass is 10.0. The molecule has 2 saturated heterocycles. The fraction of sp³-hybridized carbons (Fsp3) is 0.632. The van der Waals surface area contributed by atoms with Crippen LogP contribution in [0.5, 0.6) is 5.75 Å². The van der Waals surface area contributed by atoms with E-state index in [-0.39, 0.29) is 23.7 Å². The van der Waals surface area contributed by atoms with Crippen LogP contribution < -0.4 is 4.74 Å². The van der Waals surface area contributed by atoms with Crippen molar-refractivity contribution in [1.29, 1.82) is 0 Å². The van der Waals surface area contributed by atoms with Crippen molar-refractivity contribution < 1.29 is 18.7 Å². The molecule has 1 atom stereocenters. The van der Waals surface area contributed by atoms with Gasteiger partial charge in [-0.15, -0.1) is 0 Å². The quantitative estimate of drug-likeness (QED) is 0.789. The lowest BCUT2D eigenvalue weighted by molar-refractivity contribution is -0.137. The molecule has 0 N–H and O–H groups in total. The summed E-state index contributed by atoms with van der Waals surface area (Å²) < 4.78 is 24.5. The standard InChI is InChI=1S/C19H27FN2O3/c1-24-13-12-21-9-6-15(14-21)19(23)22-10-7-16(8-11-22)25-18-5-3-2-4-17(18)20/h2-5,15-16H,6-14H2,1H3/t15-/m0/s1. The van der Waals surface area contributed by atoms with Crippen LogP contribution in [0.3, 0.4) is 0 Å². The van der Waals surface area contributed by atoms with Crippen LogP contribution in [-0.4, -0.2) is 68.3 Å². The molecule has 1 amide bonds. The second kappa shape index (κ2) is 8.63. The molecular formula is C19H27FN2O3. The highest BCUT2D eigenvalue weighted by Crippen LogP contribution is 2.24. The van der Waals surface area contributed by atoms with E-state index < -0.39 is 0 Å². The summed E-state index contributed by atoms with van der Waals surface area (Å²) in [5, 5.41) is 0. The van der Waals surface area contributed by atoms with E-state index in [2.05, 4.69) is 4.90 Å². The Hall–Kier alpha value is -1.66. The summed E-state index contributed by atoms with van der Waals surface area (Å²) in [4.78, 5) is 16.9. The zero-order chi connectivity index (χ0) is 17.6. The first-order chi connectivity index (χ1) is 12.2. The maximum absolute atomic E-state index is 13.7. The van der Waals surface area contributed by atoms with Crippen LogP contribution in [0.4, 0.5) is 4.39 Å². The second-order valence-electron chi connectivity index (χ2n) is 6.85. The lowest BCUT2D eigenvalue weighted by Gasteiger charge is -2.33. The van der Waals surface area contributed by atoms with Crippen molar-refractivity contribution in [3.05, 3.63) is 30.1 Å². The number of nitrogens with zero attached hydrogens (tertiary/aromatic N) is 2. The maximum atomic E-state index is 13.7. The number of methoxy groups -OCH3 is 1. The van der Waals surface area contributed by atoms with Gasteiger partial charge in [-0.25, -0.2) is 4.39 Å². The van der Waals surface area contributed by atoms with Crippen LogP contribution in [0.1, 0.15) is 19.3 Å². The molecule has 0 radical (unpaired) electrons. The zero-order valence-electron chi connectivity index (χ0n) is 14.8. The van der Waals surface area contributed by atoms with Crippen molar-refractivity contribution >= 4 is 5.91 Å². The van der Waals surface area contributed by atoms with Gasteiger partial charge in [0.05, 0.1) is 12.5 Å². The summed E-state index contributed by atoms with van der Waals surface area (Å²) in [5.74, 6) is 0.324. The van der Waals surface area contributed by atoms with Gasteiger partial charge in [-0.3, -0.25) is 4.79 Å². The molecule has 138 valence electrons. The molecule has 1 aromatic rings. The SMILES string of the molecule is COCCN1CC[C@H](C(=O)N2CCC(Oc3ccccc3F)CC2)C1. The molecular weight excluding hydrogens is 323 g/mol. The number of hydrogen-bond acceptors (Lipinski definition) is 4. The number of likely N-dealkylation sites (tertiary alicyclic amines) is 2. The van der Waals surface area contributed by atoms with E-state index in [0.717, 1.165) is 38.9 Å². The minimum Gasteiger partial charge on any atom is -0.487 e. The monoisotopic (exact) mass is 350 g/mol. The maximum Gasteiger partial charge on any atom is 0.227 e. The second-order valence-corrected chi connectivity index (χ2v) is 6.85. The van der Waals surface area contributed by atoms with E-state index in [1.807, 2.05) is 4.90 Å². The normalized spacial score (nSPS) is 22.3. The van der Waals surface area contributed by atoms with E-state index >= 15 is 0 Å². The fourth-order valence-electron chi connectivity index (χ4n) is 3.63. The highest BCUT2D eigenvalue weighted by Gasteiger charge is 2.33. The van der Waals surface area contributed by atoms with Crippen molar-refractivity contribution in [1.82, 2.24) is 9.80 Å². The molecule has 0 saturated carbocycles. The van der Waals surface area contributed by atoms with Gasteiger partial charge >= 0.3 is 0 Å². The van der Waals surface area contributed by atoms with E-state index in [4.69, 9.17) is 9.47 Å². The first-order valence-corrected chi connectivity index (χ1v) is 9.08. The van der Waals surface area contributed by atoms with Gasteiger partial charge in [-0.1, -0.05) is 12.1 Å². The third-order valence-electron chi connectivity index (χ3n) is 5.12. The molecule has 2 fully saturated rings. The number of ether oxygens (including phenoxy) is 2. The number of carbonyl (C=O) groups is 1. The van der Waals surface area contributed by atoms with E-state index in [0.29, 0.717) is 25.4 Å². The summed E-state index contributed by atoms with van der Waals surface area (Å²) in [6.07, 6.45) is 2.40. The van der Waals surface area contributed by atoms with Gasteiger partial charge in [0.15, 0.2) is 11.6 Å². The molecule has 1 aromatic carbocycles. The summed E-state index contributed by atoms with van der Waals surface area (Å²) in [5.41, 5.74) is 0. The molecule has 3 rings (SSSR count). The van der Waals surface area contributed by atoms with E-state index in [1.165, 1.54) is 6.07 Å². The molecule has 0 aliphatic carbocycles. The van der Waals surface area contributed by atoms with E-state index in [1.54, 1.807) is 25.3 Å². The molecule has 0 aromatic heterocycles. The average Bonchev–Trinajstić information content (AvgIpc) is 3.11. The summed E-state index contributed by atoms with van der Waals surface area (Å²) >= 11 is 0. The Morgan fingerprint density at radius 2 is 1.96 bits per heavy atom. The Bertz CT molecular complexity index is 576. The molecule has 0 spiro atoms. The van der Waals surface area contributed by atoms with Crippen LogP contribution in [0.25, 0.3) is 0 Å². The predicted molar refractivity (Wildman–Crippen MR) is 93.1 cm³/mol. The fourth-order valence-corrected chi connectivity index (χ4v) is 3.63. The smallest absolute Gasteiger partial charge is 0.227 e. The number of benzene rings is 1. The Kier molecular flexibility index (Phi) is 6.26. The Morgan fingerprint density at radius 3 is 2.68 bits per heavy atom. The van der Waals surface area contributed by atoms with E-state index in [9.17, 15) is 9.18 Å². The lowest BCUT2D eigenvalue weighted by Crippen LogP contribution is -2.45. The van der Waals surface area contributed by atoms with Crippen molar-refractivity contribution in [2.45, 2.75) is 25.4 Å². The van der Waals surface area contributed by atoms with Gasteiger partial charge in [-0.2, -0.15) is 0 Å². The number of piperidine rings is 1. The number of rotatable bonds is 6. The molecule has 25 heavy (non-hydrogen) atoms. The number of para-hydroxylation sites is 1. The van der Waals surface area contributed by atoms with Crippen LogP contribution in [-0.2, 0) is 9.53 Å². The molecule has 5 nitrogen and oxygen atoms in total. The summed E-state index contributed by atoms with van der Waals surface area (Å²) in [6, 6.07) is 6.48. The summed E-state index contributed by atoms with van der Waals surface area (Å²) in [7, 11) is 1.70. The number of halogens is 1. The van der Waals surface area contributed by atoms with Crippen molar-refractivity contribution in [3.8, 4) is 5.75 Å². The third kappa shape index (κ3) is 4.70. The van der Waals surface area contributed by atoms with Gasteiger partial charge in [0.2, 0.25) is 5.91 Å². The van der Waals surface area contributed by atoms with Crippen LogP contribution >= 0.6 is 0 Å². The van der Waals surface area contributed by atoms with Crippen LogP contribution in [0.15, 0.2) is 24.3 Å². The molecule has 6 heteroatoms. The Balaban J connectivity index is 1.44. The molecule has 2 heterocycles. The van der Waals surface area contributed by atoms with Gasteiger partial charge in [0, 0.05) is 46.1 Å². The highest BCUT2D eigenvalue weighted by atomic mass is 19.1. The van der Waals surface area contributed by atoms with Gasteiger partial charge < -0.3 is 19.3 Å². The van der Waals surface area contributed by atoms with Crippen LogP contribution in [0, 0.1) is 11.7 Å². The first kappa shape index (κ1) is 18.1.